The lowest BCUT2D eigenvalue weighted by atomic mass is 10.2. The Morgan fingerprint density at radius 3 is 2.73 bits per heavy atom. The first kappa shape index (κ1) is 15.6. The van der Waals surface area contributed by atoms with Gasteiger partial charge in [0, 0.05) is 26.8 Å². The molecule has 6 nitrogen and oxygen atoms in total. The summed E-state index contributed by atoms with van der Waals surface area (Å²) in [6.07, 6.45) is 3.39. The van der Waals surface area contributed by atoms with E-state index in [1.54, 1.807) is 41.6 Å². The minimum Gasteiger partial charge on any atom is -0.467 e. The second-order valence-electron chi connectivity index (χ2n) is 5.01. The monoisotopic (exact) mass is 298 g/mol. The van der Waals surface area contributed by atoms with E-state index in [0.29, 0.717) is 24.4 Å². The predicted octanol–water partition coefficient (Wildman–Crippen LogP) is 2.30. The predicted molar refractivity (Wildman–Crippen MR) is 82.2 cm³/mol. The van der Waals surface area contributed by atoms with Crippen LogP contribution in [0.2, 0.25) is 0 Å². The van der Waals surface area contributed by atoms with Crippen molar-refractivity contribution in [2.75, 3.05) is 25.5 Å². The lowest BCUT2D eigenvalue weighted by Gasteiger charge is -2.20. The van der Waals surface area contributed by atoms with Gasteiger partial charge in [-0.1, -0.05) is 0 Å². The zero-order valence-electron chi connectivity index (χ0n) is 12.7. The number of amides is 1. The van der Waals surface area contributed by atoms with Crippen molar-refractivity contribution in [2.24, 2.45) is 0 Å². The highest BCUT2D eigenvalue weighted by atomic mass is 16.3. The van der Waals surface area contributed by atoms with Crippen LogP contribution in [0.5, 0.6) is 0 Å². The summed E-state index contributed by atoms with van der Waals surface area (Å²) < 4.78 is 5.28. The van der Waals surface area contributed by atoms with Crippen LogP contribution >= 0.6 is 0 Å². The Kier molecular flexibility index (Phi) is 5.15. The van der Waals surface area contributed by atoms with Crippen molar-refractivity contribution in [2.45, 2.75) is 13.0 Å². The molecule has 6 heteroatoms. The second-order valence-corrected chi connectivity index (χ2v) is 5.01. The molecule has 0 aliphatic carbocycles. The van der Waals surface area contributed by atoms with E-state index in [-0.39, 0.29) is 12.3 Å². The normalized spacial score (nSPS) is 10.0. The number of nitriles is 1. The first-order valence-corrected chi connectivity index (χ1v) is 6.94. The van der Waals surface area contributed by atoms with Gasteiger partial charge in [0.2, 0.25) is 0 Å². The third kappa shape index (κ3) is 3.85. The lowest BCUT2D eigenvalue weighted by Crippen LogP contribution is -2.31. The molecule has 1 amide bonds. The molecule has 0 aliphatic rings. The van der Waals surface area contributed by atoms with E-state index in [2.05, 4.69) is 11.1 Å². The second kappa shape index (κ2) is 7.27. The van der Waals surface area contributed by atoms with Crippen LogP contribution < -0.4 is 4.90 Å². The first-order chi connectivity index (χ1) is 10.6. The molecule has 2 heterocycles. The number of anilines is 1. The number of hydrogen-bond acceptors (Lipinski definition) is 5. The number of pyridine rings is 1. The highest BCUT2D eigenvalue weighted by molar-refractivity contribution is 5.94. The van der Waals surface area contributed by atoms with E-state index in [1.165, 1.54) is 0 Å². The van der Waals surface area contributed by atoms with Crippen molar-refractivity contribution in [3.05, 3.63) is 48.0 Å². The van der Waals surface area contributed by atoms with Crippen molar-refractivity contribution < 1.29 is 9.21 Å². The van der Waals surface area contributed by atoms with Gasteiger partial charge in [-0.15, -0.1) is 0 Å². The standard InChI is InChI=1S/C16H18N4O2/c1-19(2)15-7-6-13(11-18-15)16(21)20(9-4-8-17)12-14-5-3-10-22-14/h3,5-7,10-11H,4,9,12H2,1-2H3. The van der Waals surface area contributed by atoms with Gasteiger partial charge in [-0.3, -0.25) is 4.79 Å². The minimum absolute atomic E-state index is 0.163. The molecule has 22 heavy (non-hydrogen) atoms. The smallest absolute Gasteiger partial charge is 0.255 e. The molecular weight excluding hydrogens is 280 g/mol. The topological polar surface area (TPSA) is 73.4 Å². The highest BCUT2D eigenvalue weighted by Crippen LogP contribution is 2.13. The maximum absolute atomic E-state index is 12.6. The van der Waals surface area contributed by atoms with Crippen molar-refractivity contribution >= 4 is 11.7 Å². The summed E-state index contributed by atoms with van der Waals surface area (Å²) in [5.74, 6) is 1.31. The van der Waals surface area contributed by atoms with Crippen LogP contribution in [0, 0.1) is 11.3 Å². The fraction of sp³-hybridized carbons (Fsp3) is 0.312. The third-order valence-electron chi connectivity index (χ3n) is 3.16. The molecule has 2 rings (SSSR count). The van der Waals surface area contributed by atoms with Gasteiger partial charge in [-0.2, -0.15) is 5.26 Å². The van der Waals surface area contributed by atoms with Crippen LogP contribution in [0.1, 0.15) is 22.5 Å². The molecular formula is C16H18N4O2. The van der Waals surface area contributed by atoms with Gasteiger partial charge in [-0.05, 0) is 24.3 Å². The van der Waals surface area contributed by atoms with Crippen LogP contribution in [0.25, 0.3) is 0 Å². The van der Waals surface area contributed by atoms with Crippen molar-refractivity contribution in [3.8, 4) is 6.07 Å². The Hall–Kier alpha value is -2.81. The van der Waals surface area contributed by atoms with Gasteiger partial charge in [0.25, 0.3) is 5.91 Å². The summed E-state index contributed by atoms with van der Waals surface area (Å²) in [5.41, 5.74) is 0.495. The van der Waals surface area contributed by atoms with E-state index < -0.39 is 0 Å². The van der Waals surface area contributed by atoms with Gasteiger partial charge in [0.15, 0.2) is 0 Å². The summed E-state index contributed by atoms with van der Waals surface area (Å²) in [5, 5.41) is 8.76. The third-order valence-corrected chi connectivity index (χ3v) is 3.16. The number of nitrogens with zero attached hydrogens (tertiary/aromatic N) is 4. The molecule has 2 aromatic heterocycles. The molecule has 114 valence electrons. The van der Waals surface area contributed by atoms with E-state index in [9.17, 15) is 4.79 Å². The zero-order valence-corrected chi connectivity index (χ0v) is 12.7. The first-order valence-electron chi connectivity index (χ1n) is 6.94. The summed E-state index contributed by atoms with van der Waals surface area (Å²) in [7, 11) is 3.78. The molecule has 0 aliphatic heterocycles. The maximum atomic E-state index is 12.6. The molecule has 0 N–H and O–H groups in total. The summed E-state index contributed by atoms with van der Waals surface area (Å²) in [6.45, 7) is 0.689. The number of aromatic nitrogens is 1. The van der Waals surface area contributed by atoms with E-state index >= 15 is 0 Å². The van der Waals surface area contributed by atoms with E-state index in [4.69, 9.17) is 9.68 Å². The fourth-order valence-corrected chi connectivity index (χ4v) is 1.99. The lowest BCUT2D eigenvalue weighted by molar-refractivity contribution is 0.0735. The number of carbonyl (C=O) groups excluding carboxylic acids is 1. The SMILES string of the molecule is CN(C)c1ccc(C(=O)N(CCC#N)Cc2ccco2)cn1. The highest BCUT2D eigenvalue weighted by Gasteiger charge is 2.17. The van der Waals surface area contributed by atoms with Gasteiger partial charge in [0.1, 0.15) is 11.6 Å². The Balaban J connectivity index is 2.15. The average Bonchev–Trinajstić information content (AvgIpc) is 3.04. The number of furan rings is 1. The maximum Gasteiger partial charge on any atom is 0.255 e. The molecule has 0 unspecified atom stereocenters. The Morgan fingerprint density at radius 1 is 1.36 bits per heavy atom. The molecule has 0 saturated heterocycles. The molecule has 0 saturated carbocycles. The minimum atomic E-state index is -0.163. The molecule has 0 aromatic carbocycles. The molecule has 0 spiro atoms. The van der Waals surface area contributed by atoms with Gasteiger partial charge >= 0.3 is 0 Å². The van der Waals surface area contributed by atoms with E-state index in [1.807, 2.05) is 19.0 Å². The Labute approximate surface area is 129 Å². The van der Waals surface area contributed by atoms with E-state index in [0.717, 1.165) is 5.82 Å². The Bertz CT molecular complexity index is 642. The molecule has 0 fully saturated rings. The van der Waals surface area contributed by atoms with Crippen LogP contribution in [-0.2, 0) is 6.54 Å². The summed E-state index contributed by atoms with van der Waals surface area (Å²) in [6, 6.07) is 9.18. The molecule has 0 atom stereocenters. The number of hydrogen-bond donors (Lipinski definition) is 0. The molecule has 0 bridgehead atoms. The number of carbonyl (C=O) groups is 1. The van der Waals surface area contributed by atoms with Crippen molar-refractivity contribution in [1.29, 1.82) is 5.26 Å². The fourth-order valence-electron chi connectivity index (χ4n) is 1.99. The van der Waals surface area contributed by atoms with Crippen LogP contribution in [0.15, 0.2) is 41.1 Å². The molecule has 0 radical (unpaired) electrons. The average molecular weight is 298 g/mol. The Morgan fingerprint density at radius 2 is 2.18 bits per heavy atom. The summed E-state index contributed by atoms with van der Waals surface area (Å²) >= 11 is 0. The quantitative estimate of drug-likeness (QED) is 0.818. The van der Waals surface area contributed by atoms with Crippen LogP contribution in [-0.4, -0.2) is 36.4 Å². The zero-order chi connectivity index (χ0) is 15.9. The molecule has 2 aromatic rings. The van der Waals surface area contributed by atoms with Crippen LogP contribution in [0.4, 0.5) is 5.82 Å². The van der Waals surface area contributed by atoms with Gasteiger partial charge in [-0.25, -0.2) is 4.98 Å². The van der Waals surface area contributed by atoms with Gasteiger partial charge in [0.05, 0.1) is 30.9 Å². The van der Waals surface area contributed by atoms with Gasteiger partial charge < -0.3 is 14.2 Å². The largest absolute Gasteiger partial charge is 0.467 e. The number of rotatable bonds is 6. The van der Waals surface area contributed by atoms with Crippen LogP contribution in [0.3, 0.4) is 0 Å². The summed E-state index contributed by atoms with van der Waals surface area (Å²) in [4.78, 5) is 20.3. The van der Waals surface area contributed by atoms with Crippen molar-refractivity contribution in [1.82, 2.24) is 9.88 Å². The van der Waals surface area contributed by atoms with Crippen molar-refractivity contribution in [3.63, 3.8) is 0 Å².